The Balaban J connectivity index is 1.92. The Hall–Kier alpha value is -4.31. The molecule has 0 aliphatic heterocycles. The lowest BCUT2D eigenvalue weighted by atomic mass is 9.84. The molecule has 6 nitrogen and oxygen atoms in total. The van der Waals surface area contributed by atoms with Gasteiger partial charge in [0.25, 0.3) is 0 Å². The molecule has 3 N–H and O–H groups in total. The average molecular weight is 523 g/mol. The van der Waals surface area contributed by atoms with Crippen LogP contribution in [0.3, 0.4) is 0 Å². The molecule has 0 bridgehead atoms. The number of rotatable bonds is 7. The van der Waals surface area contributed by atoms with Crippen LogP contribution in [0.25, 0.3) is 0 Å². The Morgan fingerprint density at radius 3 is 2.16 bits per heavy atom. The van der Waals surface area contributed by atoms with E-state index in [2.05, 4.69) is 32.5 Å². The number of pyridine rings is 1. The van der Waals surface area contributed by atoms with Gasteiger partial charge in [0.2, 0.25) is 0 Å². The molecule has 0 spiro atoms. The third-order valence-corrected chi connectivity index (χ3v) is 5.11. The predicted molar refractivity (Wildman–Crippen MR) is 117 cm³/mol. The number of halogens is 7. The zero-order chi connectivity index (χ0) is 27.3. The molecule has 0 fully saturated rings. The van der Waals surface area contributed by atoms with E-state index in [4.69, 9.17) is 5.53 Å². The van der Waals surface area contributed by atoms with E-state index in [9.17, 15) is 27.1 Å². The minimum absolute atomic E-state index is 0.123. The first-order chi connectivity index (χ1) is 17.4. The van der Waals surface area contributed by atoms with E-state index in [1.165, 1.54) is 0 Å². The van der Waals surface area contributed by atoms with E-state index in [1.54, 1.807) is 0 Å². The number of nitrogens with zero attached hydrogens (tertiary/aromatic N) is 3. The van der Waals surface area contributed by atoms with Gasteiger partial charge in [-0.3, -0.25) is 4.98 Å². The van der Waals surface area contributed by atoms with Crippen LogP contribution in [-0.2, 0) is 17.7 Å². The molecule has 3 aromatic rings. The first-order valence-corrected chi connectivity index (χ1v) is 10.2. The second-order valence-corrected chi connectivity index (χ2v) is 7.54. The Bertz CT molecular complexity index is 1350. The zero-order valence-corrected chi connectivity index (χ0v) is 18.5. The quantitative estimate of drug-likeness (QED) is 0.0977. The highest BCUT2D eigenvalue weighted by Crippen LogP contribution is 2.45. The maximum Gasteiger partial charge on any atom is 0.416 e. The average Bonchev–Trinajstić information content (AvgIpc) is 2.85. The Labute approximate surface area is 205 Å². The van der Waals surface area contributed by atoms with Crippen molar-refractivity contribution in [1.82, 2.24) is 10.3 Å². The SMILES string of the molecule is N=N/N=C\NCC(O)(c1ccc(F)cc1F)C(F)(F)c1ccc(C#Cc2ccc(C(F)(F)F)cc2)cn1. The standard InChI is InChI=1S/C24H16F7N5O/c25-18-8-9-19(20(26)11-18)22(37,13-33-14-35-36-32)23(27,28)21-10-5-16(12-34-21)2-1-15-3-6-17(7-4-15)24(29,30)31/h3-12,14,37H,13H2,(H2,32,33,35). The molecule has 0 radical (unpaired) electrons. The number of aromatic nitrogens is 1. The summed E-state index contributed by atoms with van der Waals surface area (Å²) in [7, 11) is 0. The van der Waals surface area contributed by atoms with Crippen LogP contribution in [0.15, 0.2) is 71.1 Å². The van der Waals surface area contributed by atoms with E-state index < -0.39 is 52.7 Å². The van der Waals surface area contributed by atoms with Gasteiger partial charge in [-0.25, -0.2) is 8.78 Å². The number of benzene rings is 2. The summed E-state index contributed by atoms with van der Waals surface area (Å²) in [5.41, 5.74) is 0.858. The molecule has 0 amide bonds. The summed E-state index contributed by atoms with van der Waals surface area (Å²) in [6, 6.07) is 7.63. The van der Waals surface area contributed by atoms with E-state index in [-0.39, 0.29) is 11.1 Å². The molecule has 37 heavy (non-hydrogen) atoms. The summed E-state index contributed by atoms with van der Waals surface area (Å²) in [6.45, 7) is -1.03. The molecule has 0 aliphatic carbocycles. The normalized spacial score (nSPS) is 13.5. The van der Waals surface area contributed by atoms with Gasteiger partial charge in [0, 0.05) is 29.0 Å². The molecule has 0 saturated heterocycles. The highest BCUT2D eigenvalue weighted by molar-refractivity contribution is 5.54. The lowest BCUT2D eigenvalue weighted by Crippen LogP contribution is -2.51. The van der Waals surface area contributed by atoms with Gasteiger partial charge < -0.3 is 10.4 Å². The summed E-state index contributed by atoms with van der Waals surface area (Å²) in [5, 5.41) is 18.9. The van der Waals surface area contributed by atoms with Crippen molar-refractivity contribution >= 4 is 6.34 Å². The van der Waals surface area contributed by atoms with E-state index >= 15 is 8.78 Å². The van der Waals surface area contributed by atoms with Gasteiger partial charge in [-0.15, -0.1) is 5.10 Å². The van der Waals surface area contributed by atoms with Gasteiger partial charge in [0.15, 0.2) is 5.60 Å². The topological polar surface area (TPSA) is 93.7 Å². The maximum absolute atomic E-state index is 15.6. The minimum atomic E-state index is -4.50. The van der Waals surface area contributed by atoms with E-state index in [1.807, 2.05) is 0 Å². The number of hydrogen-bond acceptors (Lipinski definition) is 4. The van der Waals surface area contributed by atoms with Crippen molar-refractivity contribution in [3.05, 3.63) is 100 Å². The molecule has 1 unspecified atom stereocenters. The number of nitrogens with one attached hydrogen (secondary N) is 2. The van der Waals surface area contributed by atoms with Crippen molar-refractivity contribution in [2.45, 2.75) is 17.7 Å². The fourth-order valence-electron chi connectivity index (χ4n) is 3.22. The molecule has 1 heterocycles. The van der Waals surface area contributed by atoms with Crippen molar-refractivity contribution in [2.75, 3.05) is 6.54 Å². The molecule has 13 heteroatoms. The Kier molecular flexibility index (Phi) is 7.93. The summed E-state index contributed by atoms with van der Waals surface area (Å²) in [5.74, 6) is -1.59. The van der Waals surface area contributed by atoms with Gasteiger partial charge >= 0.3 is 12.1 Å². The number of hydrogen-bond donors (Lipinski definition) is 3. The van der Waals surface area contributed by atoms with Gasteiger partial charge in [0.1, 0.15) is 23.7 Å². The zero-order valence-electron chi connectivity index (χ0n) is 18.5. The molecule has 1 aromatic heterocycles. The van der Waals surface area contributed by atoms with Crippen LogP contribution in [0.1, 0.15) is 27.9 Å². The van der Waals surface area contributed by atoms with Gasteiger partial charge in [0.05, 0.1) is 12.1 Å². The van der Waals surface area contributed by atoms with Gasteiger partial charge in [-0.1, -0.05) is 17.1 Å². The first-order valence-electron chi connectivity index (χ1n) is 10.2. The van der Waals surface area contributed by atoms with Crippen LogP contribution in [-0.4, -0.2) is 23.0 Å². The van der Waals surface area contributed by atoms with Crippen LogP contribution in [0, 0.1) is 29.0 Å². The van der Waals surface area contributed by atoms with E-state index in [0.717, 1.165) is 48.9 Å². The van der Waals surface area contributed by atoms with Crippen LogP contribution in [0.5, 0.6) is 0 Å². The maximum atomic E-state index is 15.6. The van der Waals surface area contributed by atoms with Crippen molar-refractivity contribution in [2.24, 2.45) is 10.3 Å². The van der Waals surface area contributed by atoms with Crippen molar-refractivity contribution in [3.8, 4) is 11.8 Å². The second-order valence-electron chi connectivity index (χ2n) is 7.54. The monoisotopic (exact) mass is 523 g/mol. The summed E-state index contributed by atoms with van der Waals surface area (Å²) in [4.78, 5) is 3.62. The third kappa shape index (κ3) is 6.10. The minimum Gasteiger partial charge on any atom is -0.377 e. The molecule has 0 aliphatic rings. The molecule has 2 aromatic carbocycles. The summed E-state index contributed by atoms with van der Waals surface area (Å²) < 4.78 is 96.9. The fourth-order valence-corrected chi connectivity index (χ4v) is 3.22. The van der Waals surface area contributed by atoms with Crippen LogP contribution in [0.4, 0.5) is 30.7 Å². The van der Waals surface area contributed by atoms with Crippen molar-refractivity contribution in [3.63, 3.8) is 0 Å². The van der Waals surface area contributed by atoms with E-state index in [0.29, 0.717) is 18.2 Å². The lowest BCUT2D eigenvalue weighted by Gasteiger charge is -2.36. The van der Waals surface area contributed by atoms with Crippen LogP contribution in [0.2, 0.25) is 0 Å². The third-order valence-electron chi connectivity index (χ3n) is 5.11. The summed E-state index contributed by atoms with van der Waals surface area (Å²) in [6.07, 6.45) is -2.84. The van der Waals surface area contributed by atoms with Crippen LogP contribution >= 0.6 is 0 Å². The highest BCUT2D eigenvalue weighted by atomic mass is 19.4. The predicted octanol–water partition coefficient (Wildman–Crippen LogP) is 5.32. The van der Waals surface area contributed by atoms with Crippen molar-refractivity contribution < 1.29 is 35.8 Å². The Morgan fingerprint density at radius 2 is 1.59 bits per heavy atom. The molecule has 1 atom stereocenters. The lowest BCUT2D eigenvalue weighted by molar-refractivity contribution is -0.195. The molecular formula is C24H16F7N5O. The number of aliphatic hydroxyl groups is 1. The molecule has 3 rings (SSSR count). The first kappa shape index (κ1) is 27.3. The fraction of sp³-hybridized carbons (Fsp3) is 0.167. The molecular weight excluding hydrogens is 507 g/mol. The summed E-state index contributed by atoms with van der Waals surface area (Å²) >= 11 is 0. The van der Waals surface area contributed by atoms with Gasteiger partial charge in [-0.2, -0.15) is 27.5 Å². The van der Waals surface area contributed by atoms with Crippen molar-refractivity contribution in [1.29, 1.82) is 5.53 Å². The Morgan fingerprint density at radius 1 is 0.946 bits per heavy atom. The van der Waals surface area contributed by atoms with Gasteiger partial charge in [-0.05, 0) is 48.5 Å². The largest absolute Gasteiger partial charge is 0.416 e. The molecule has 0 saturated carbocycles. The highest BCUT2D eigenvalue weighted by Gasteiger charge is 2.57. The smallest absolute Gasteiger partial charge is 0.377 e. The van der Waals surface area contributed by atoms with Crippen LogP contribution < -0.4 is 5.32 Å². The second kappa shape index (κ2) is 10.8. The number of alkyl halides is 5. The molecule has 192 valence electrons.